The lowest BCUT2D eigenvalue weighted by atomic mass is 10.1. The highest BCUT2D eigenvalue weighted by molar-refractivity contribution is 9.10. The van der Waals surface area contributed by atoms with Crippen molar-refractivity contribution in [1.82, 2.24) is 0 Å². The van der Waals surface area contributed by atoms with Gasteiger partial charge < -0.3 is 14.8 Å². The number of nitrogens with one attached hydrogen (secondary N) is 1. The van der Waals surface area contributed by atoms with E-state index in [-0.39, 0.29) is 23.9 Å². The number of esters is 1. The minimum absolute atomic E-state index is 0.273. The van der Waals surface area contributed by atoms with Crippen molar-refractivity contribution < 1.29 is 23.9 Å². The molecular weight excluding hydrogens is 486 g/mol. The van der Waals surface area contributed by atoms with E-state index in [0.29, 0.717) is 23.4 Å². The Morgan fingerprint density at radius 2 is 1.42 bits per heavy atom. The van der Waals surface area contributed by atoms with E-state index in [4.69, 9.17) is 9.47 Å². The number of unbranched alkanes of at least 4 members (excludes halogenated alkanes) is 1. The van der Waals surface area contributed by atoms with Gasteiger partial charge in [-0.2, -0.15) is 0 Å². The summed E-state index contributed by atoms with van der Waals surface area (Å²) < 4.78 is 11.6. The summed E-state index contributed by atoms with van der Waals surface area (Å²) in [6, 6.07) is 20.0. The molecule has 0 aliphatic carbocycles. The first kappa shape index (κ1) is 24.2. The molecule has 3 rings (SSSR count). The zero-order chi connectivity index (χ0) is 23.6. The zero-order valence-corrected chi connectivity index (χ0v) is 19.8. The molecule has 7 heteroatoms. The molecule has 0 spiro atoms. The fraction of sp³-hybridized carbons (Fsp3) is 0.192. The molecule has 0 radical (unpaired) electrons. The molecule has 0 aliphatic heterocycles. The maximum atomic E-state index is 12.5. The molecule has 6 nitrogen and oxygen atoms in total. The highest BCUT2D eigenvalue weighted by Crippen LogP contribution is 2.16. The second-order valence-corrected chi connectivity index (χ2v) is 8.18. The fourth-order valence-corrected chi connectivity index (χ4v) is 3.13. The summed E-state index contributed by atoms with van der Waals surface area (Å²) in [4.78, 5) is 36.8. The third kappa shape index (κ3) is 7.29. The quantitative estimate of drug-likeness (QED) is 0.208. The summed E-state index contributed by atoms with van der Waals surface area (Å²) in [5.41, 5.74) is 1.77. The van der Waals surface area contributed by atoms with Crippen molar-refractivity contribution in [2.75, 3.05) is 18.5 Å². The predicted octanol–water partition coefficient (Wildman–Crippen LogP) is 5.92. The van der Waals surface area contributed by atoms with Crippen LogP contribution in [0.5, 0.6) is 5.75 Å². The molecule has 0 bridgehead atoms. The van der Waals surface area contributed by atoms with Crippen LogP contribution in [0.1, 0.15) is 50.8 Å². The van der Waals surface area contributed by atoms with Crippen LogP contribution in [-0.4, -0.2) is 30.9 Å². The van der Waals surface area contributed by atoms with Gasteiger partial charge in [0.1, 0.15) is 5.75 Å². The monoisotopic (exact) mass is 509 g/mol. The van der Waals surface area contributed by atoms with Crippen LogP contribution < -0.4 is 10.1 Å². The van der Waals surface area contributed by atoms with Gasteiger partial charge in [-0.1, -0.05) is 41.4 Å². The molecule has 0 atom stereocenters. The zero-order valence-electron chi connectivity index (χ0n) is 18.2. The van der Waals surface area contributed by atoms with Crippen LogP contribution in [0, 0.1) is 0 Å². The van der Waals surface area contributed by atoms with Crippen LogP contribution in [0.2, 0.25) is 0 Å². The molecule has 0 saturated carbocycles. The Morgan fingerprint density at radius 3 is 2.06 bits per heavy atom. The van der Waals surface area contributed by atoms with Crippen molar-refractivity contribution >= 4 is 39.3 Å². The number of Topliss-reactive ketones (excluding diaryl/α,β-unsaturated/α-hetero) is 1. The molecular formula is C26H24BrNO5. The van der Waals surface area contributed by atoms with Crippen molar-refractivity contribution in [1.29, 1.82) is 0 Å². The van der Waals surface area contributed by atoms with Gasteiger partial charge in [-0.25, -0.2) is 4.79 Å². The summed E-state index contributed by atoms with van der Waals surface area (Å²) in [6.07, 6.45) is 2.04. The van der Waals surface area contributed by atoms with E-state index in [0.717, 1.165) is 23.1 Å². The average molecular weight is 510 g/mol. The topological polar surface area (TPSA) is 81.7 Å². The number of anilines is 1. The van der Waals surface area contributed by atoms with E-state index in [2.05, 4.69) is 28.2 Å². The first-order chi connectivity index (χ1) is 16.0. The number of hydrogen-bond donors (Lipinski definition) is 1. The van der Waals surface area contributed by atoms with Gasteiger partial charge in [0.05, 0.1) is 12.2 Å². The Hall–Kier alpha value is -3.45. The van der Waals surface area contributed by atoms with Crippen LogP contribution in [0.15, 0.2) is 77.3 Å². The number of carbonyl (C=O) groups is 3. The van der Waals surface area contributed by atoms with Crippen molar-refractivity contribution in [3.8, 4) is 5.75 Å². The van der Waals surface area contributed by atoms with Gasteiger partial charge in [-0.05, 0) is 67.1 Å². The van der Waals surface area contributed by atoms with Gasteiger partial charge in [0, 0.05) is 21.3 Å². The molecule has 0 saturated heterocycles. The Labute approximate surface area is 201 Å². The number of hydrogen-bond acceptors (Lipinski definition) is 5. The van der Waals surface area contributed by atoms with Crippen molar-refractivity contribution in [2.24, 2.45) is 0 Å². The number of halogens is 1. The van der Waals surface area contributed by atoms with E-state index >= 15 is 0 Å². The van der Waals surface area contributed by atoms with Crippen LogP contribution in [0.4, 0.5) is 5.69 Å². The standard InChI is InChI=1S/C26H24BrNO5/c1-2-3-16-32-23-14-8-19(9-15-23)25(30)28-22-12-6-20(7-13-22)26(31)33-17-24(29)18-4-10-21(27)11-5-18/h4-15H,2-3,16-17H2,1H3,(H,28,30). The highest BCUT2D eigenvalue weighted by atomic mass is 79.9. The number of rotatable bonds is 10. The minimum Gasteiger partial charge on any atom is -0.494 e. The Balaban J connectivity index is 1.50. The van der Waals surface area contributed by atoms with Crippen molar-refractivity contribution in [3.05, 3.63) is 94.0 Å². The van der Waals surface area contributed by atoms with E-state index in [1.165, 1.54) is 12.1 Å². The molecule has 33 heavy (non-hydrogen) atoms. The third-order valence-electron chi connectivity index (χ3n) is 4.76. The predicted molar refractivity (Wildman–Crippen MR) is 130 cm³/mol. The highest BCUT2D eigenvalue weighted by Gasteiger charge is 2.13. The first-order valence-corrected chi connectivity index (χ1v) is 11.4. The van der Waals surface area contributed by atoms with Crippen molar-refractivity contribution in [3.63, 3.8) is 0 Å². The lowest BCUT2D eigenvalue weighted by Gasteiger charge is -2.09. The largest absolute Gasteiger partial charge is 0.494 e. The molecule has 1 amide bonds. The first-order valence-electron chi connectivity index (χ1n) is 10.6. The van der Waals surface area contributed by atoms with Gasteiger partial charge in [-0.15, -0.1) is 0 Å². The SMILES string of the molecule is CCCCOc1ccc(C(=O)Nc2ccc(C(=O)OCC(=O)c3ccc(Br)cc3)cc2)cc1. The maximum absolute atomic E-state index is 12.5. The number of amides is 1. The molecule has 0 unspecified atom stereocenters. The smallest absolute Gasteiger partial charge is 0.338 e. The number of ether oxygens (including phenoxy) is 2. The number of carbonyl (C=O) groups excluding carboxylic acids is 3. The van der Waals surface area contributed by atoms with E-state index in [1.54, 1.807) is 60.7 Å². The van der Waals surface area contributed by atoms with Crippen molar-refractivity contribution in [2.45, 2.75) is 19.8 Å². The van der Waals surface area contributed by atoms with Gasteiger partial charge >= 0.3 is 5.97 Å². The van der Waals surface area contributed by atoms with Crippen LogP contribution in [-0.2, 0) is 4.74 Å². The normalized spacial score (nSPS) is 10.4. The van der Waals surface area contributed by atoms with E-state index in [1.807, 2.05) is 0 Å². The van der Waals surface area contributed by atoms with Gasteiger partial charge in [0.2, 0.25) is 0 Å². The molecule has 0 heterocycles. The molecule has 0 fully saturated rings. The minimum atomic E-state index is -0.614. The second kappa shape index (κ2) is 12.0. The van der Waals surface area contributed by atoms with E-state index < -0.39 is 5.97 Å². The molecule has 170 valence electrons. The van der Waals surface area contributed by atoms with Crippen LogP contribution in [0.25, 0.3) is 0 Å². The lowest BCUT2D eigenvalue weighted by molar-refractivity contribution is 0.0475. The Morgan fingerprint density at radius 1 is 0.818 bits per heavy atom. The fourth-order valence-electron chi connectivity index (χ4n) is 2.86. The summed E-state index contributed by atoms with van der Waals surface area (Å²) >= 11 is 3.31. The van der Waals surface area contributed by atoms with Gasteiger partial charge in [-0.3, -0.25) is 9.59 Å². The molecule has 3 aromatic carbocycles. The average Bonchev–Trinajstić information content (AvgIpc) is 2.84. The summed E-state index contributed by atoms with van der Waals surface area (Å²) in [5.74, 6) is -0.453. The Bertz CT molecular complexity index is 1090. The van der Waals surface area contributed by atoms with Crippen LogP contribution in [0.3, 0.4) is 0 Å². The molecule has 0 aliphatic rings. The molecule has 1 N–H and O–H groups in total. The Kier molecular flexibility index (Phi) is 8.78. The number of benzene rings is 3. The van der Waals surface area contributed by atoms with Gasteiger partial charge in [0.15, 0.2) is 12.4 Å². The van der Waals surface area contributed by atoms with E-state index in [9.17, 15) is 14.4 Å². The molecule has 0 aromatic heterocycles. The third-order valence-corrected chi connectivity index (χ3v) is 5.29. The number of ketones is 1. The maximum Gasteiger partial charge on any atom is 0.338 e. The lowest BCUT2D eigenvalue weighted by Crippen LogP contribution is -2.15. The molecule has 3 aromatic rings. The van der Waals surface area contributed by atoms with Crippen LogP contribution >= 0.6 is 15.9 Å². The summed E-state index contributed by atoms with van der Waals surface area (Å²) in [6.45, 7) is 2.39. The summed E-state index contributed by atoms with van der Waals surface area (Å²) in [5, 5.41) is 2.78. The van der Waals surface area contributed by atoms with Gasteiger partial charge in [0.25, 0.3) is 5.91 Å². The second-order valence-electron chi connectivity index (χ2n) is 7.26. The summed E-state index contributed by atoms with van der Waals surface area (Å²) in [7, 11) is 0.